The van der Waals surface area contributed by atoms with Crippen LogP contribution in [0.5, 0.6) is 0 Å². The molecule has 1 N–H and O–H groups in total. The van der Waals surface area contributed by atoms with Gasteiger partial charge in [0.2, 0.25) is 5.91 Å². The average molecular weight is 385 g/mol. The lowest BCUT2D eigenvalue weighted by atomic mass is 10.1. The molecule has 0 bridgehead atoms. The summed E-state index contributed by atoms with van der Waals surface area (Å²) < 4.78 is 7.43. The van der Waals surface area contributed by atoms with Crippen molar-refractivity contribution in [3.8, 4) is 11.4 Å². The number of hydrogen-bond acceptors (Lipinski definition) is 5. The fourth-order valence-corrected chi connectivity index (χ4v) is 3.66. The van der Waals surface area contributed by atoms with Gasteiger partial charge >= 0.3 is 0 Å². The van der Waals surface area contributed by atoms with Gasteiger partial charge in [-0.1, -0.05) is 17.8 Å². The van der Waals surface area contributed by atoms with Crippen LogP contribution in [-0.4, -0.2) is 26.4 Å². The van der Waals surface area contributed by atoms with E-state index in [0.717, 1.165) is 33.6 Å². The summed E-state index contributed by atoms with van der Waals surface area (Å²) in [4.78, 5) is 12.3. The Morgan fingerprint density at radius 3 is 2.59 bits per heavy atom. The van der Waals surface area contributed by atoms with E-state index in [1.54, 1.807) is 6.26 Å². The van der Waals surface area contributed by atoms with Crippen molar-refractivity contribution in [1.29, 1.82) is 0 Å². The second-order valence-corrected chi connectivity index (χ2v) is 7.74. The van der Waals surface area contributed by atoms with Gasteiger partial charge in [-0.2, -0.15) is 0 Å². The molecule has 0 aliphatic rings. The zero-order valence-electron chi connectivity index (χ0n) is 16.2. The number of furan rings is 1. The summed E-state index contributed by atoms with van der Waals surface area (Å²) in [5, 5.41) is 12.3. The van der Waals surface area contributed by atoms with Gasteiger partial charge in [0.05, 0.1) is 17.6 Å². The van der Waals surface area contributed by atoms with Gasteiger partial charge in [0, 0.05) is 11.7 Å². The van der Waals surface area contributed by atoms with Crippen LogP contribution in [0.3, 0.4) is 0 Å². The van der Waals surface area contributed by atoms with Gasteiger partial charge in [-0.15, -0.1) is 10.2 Å². The molecule has 27 heavy (non-hydrogen) atoms. The second-order valence-electron chi connectivity index (χ2n) is 6.80. The maximum absolute atomic E-state index is 12.3. The van der Waals surface area contributed by atoms with Crippen LogP contribution in [-0.2, 0) is 4.79 Å². The third-order valence-electron chi connectivity index (χ3n) is 4.40. The number of carbonyl (C=O) groups excluding carboxylic acids is 1. The lowest BCUT2D eigenvalue weighted by Gasteiger charge is -2.13. The predicted octanol–water partition coefficient (Wildman–Crippen LogP) is 4.78. The van der Waals surface area contributed by atoms with Crippen LogP contribution >= 0.6 is 11.8 Å². The molecule has 142 valence electrons. The molecule has 0 aliphatic heterocycles. The monoisotopic (exact) mass is 384 g/mol. The number of benzene rings is 1. The van der Waals surface area contributed by atoms with Crippen molar-refractivity contribution < 1.29 is 9.21 Å². The van der Waals surface area contributed by atoms with Crippen LogP contribution in [0.25, 0.3) is 11.4 Å². The van der Waals surface area contributed by atoms with E-state index in [0.29, 0.717) is 0 Å². The number of carbonyl (C=O) groups is 1. The van der Waals surface area contributed by atoms with Gasteiger partial charge in [-0.3, -0.25) is 9.36 Å². The van der Waals surface area contributed by atoms with E-state index in [1.165, 1.54) is 17.3 Å². The molecule has 2 aromatic heterocycles. The Hall–Kier alpha value is -2.54. The molecule has 0 aliphatic carbocycles. The van der Waals surface area contributed by atoms with Crippen LogP contribution in [0.2, 0.25) is 0 Å². The van der Waals surface area contributed by atoms with Gasteiger partial charge in [0.1, 0.15) is 5.76 Å². The first-order valence-electron chi connectivity index (χ1n) is 8.86. The standard InChI is InChI=1S/C20H24N4O2S/c1-12(2)24-19(17-8-9-26-15(17)5)22-23-20(24)27-11-18(25)21-16-7-6-13(3)14(4)10-16/h6-10,12H,11H2,1-5H3,(H,21,25). The SMILES string of the molecule is Cc1ccc(NC(=O)CSc2nnc(-c3ccoc3C)n2C(C)C)cc1C. The molecule has 7 heteroatoms. The average Bonchev–Trinajstić information content (AvgIpc) is 3.22. The molecular formula is C20H24N4O2S. The Kier molecular flexibility index (Phi) is 5.70. The highest BCUT2D eigenvalue weighted by atomic mass is 32.2. The number of amides is 1. The molecule has 0 spiro atoms. The summed E-state index contributed by atoms with van der Waals surface area (Å²) in [5.41, 5.74) is 4.08. The van der Waals surface area contributed by atoms with Crippen molar-refractivity contribution in [2.75, 3.05) is 11.1 Å². The minimum Gasteiger partial charge on any atom is -0.469 e. The summed E-state index contributed by atoms with van der Waals surface area (Å²) in [7, 11) is 0. The number of aromatic nitrogens is 3. The third-order valence-corrected chi connectivity index (χ3v) is 5.35. The molecule has 1 amide bonds. The smallest absolute Gasteiger partial charge is 0.234 e. The number of nitrogens with one attached hydrogen (secondary N) is 1. The van der Waals surface area contributed by atoms with Crippen LogP contribution in [0.4, 0.5) is 5.69 Å². The van der Waals surface area contributed by atoms with Gasteiger partial charge in [0.15, 0.2) is 11.0 Å². The predicted molar refractivity (Wildman–Crippen MR) is 108 cm³/mol. The molecule has 0 fully saturated rings. The quantitative estimate of drug-likeness (QED) is 0.620. The van der Waals surface area contributed by atoms with E-state index in [-0.39, 0.29) is 17.7 Å². The van der Waals surface area contributed by atoms with E-state index in [4.69, 9.17) is 4.42 Å². The molecule has 0 unspecified atom stereocenters. The maximum Gasteiger partial charge on any atom is 0.234 e. The lowest BCUT2D eigenvalue weighted by molar-refractivity contribution is -0.113. The second kappa shape index (κ2) is 8.00. The third kappa shape index (κ3) is 4.24. The number of rotatable bonds is 6. The number of anilines is 1. The van der Waals surface area contributed by atoms with Gasteiger partial charge in [-0.05, 0) is 63.9 Å². The molecule has 0 radical (unpaired) electrons. The topological polar surface area (TPSA) is 73.0 Å². The first-order valence-corrected chi connectivity index (χ1v) is 9.84. The highest BCUT2D eigenvalue weighted by Crippen LogP contribution is 2.30. The summed E-state index contributed by atoms with van der Waals surface area (Å²) in [5.74, 6) is 1.76. The van der Waals surface area contributed by atoms with E-state index in [1.807, 2.05) is 42.7 Å². The van der Waals surface area contributed by atoms with Gasteiger partial charge in [-0.25, -0.2) is 0 Å². The first kappa shape index (κ1) is 19.2. The fourth-order valence-electron chi connectivity index (χ4n) is 2.79. The summed E-state index contributed by atoms with van der Waals surface area (Å²) in [6.45, 7) is 10.1. The Bertz CT molecular complexity index is 959. The normalized spacial score (nSPS) is 11.2. The Labute approximate surface area is 163 Å². The first-order chi connectivity index (χ1) is 12.9. The van der Waals surface area contributed by atoms with Crippen molar-refractivity contribution in [2.45, 2.75) is 45.8 Å². The van der Waals surface area contributed by atoms with Crippen molar-refractivity contribution in [1.82, 2.24) is 14.8 Å². The number of thioether (sulfide) groups is 1. The highest BCUT2D eigenvalue weighted by molar-refractivity contribution is 7.99. The zero-order chi connectivity index (χ0) is 19.6. The fraction of sp³-hybridized carbons (Fsp3) is 0.350. The minimum absolute atomic E-state index is 0.0670. The van der Waals surface area contributed by atoms with Gasteiger partial charge < -0.3 is 9.73 Å². The lowest BCUT2D eigenvalue weighted by Crippen LogP contribution is -2.15. The molecule has 1 aromatic carbocycles. The zero-order valence-corrected chi connectivity index (χ0v) is 17.1. The summed E-state index contributed by atoms with van der Waals surface area (Å²) in [6, 6.07) is 7.96. The van der Waals surface area contributed by atoms with Crippen LogP contribution in [0, 0.1) is 20.8 Å². The Morgan fingerprint density at radius 1 is 1.19 bits per heavy atom. The molecule has 0 saturated carbocycles. The van der Waals surface area contributed by atoms with Crippen molar-refractivity contribution in [2.24, 2.45) is 0 Å². The summed E-state index contributed by atoms with van der Waals surface area (Å²) in [6.07, 6.45) is 1.65. The van der Waals surface area contributed by atoms with Crippen molar-refractivity contribution in [3.05, 3.63) is 47.4 Å². The van der Waals surface area contributed by atoms with Gasteiger partial charge in [0.25, 0.3) is 0 Å². The summed E-state index contributed by atoms with van der Waals surface area (Å²) >= 11 is 1.38. The molecular weight excluding hydrogens is 360 g/mol. The van der Waals surface area contributed by atoms with Crippen LogP contribution in [0.1, 0.15) is 36.8 Å². The molecule has 3 aromatic rings. The van der Waals surface area contributed by atoms with Crippen LogP contribution in [0.15, 0.2) is 40.1 Å². The number of hydrogen-bond donors (Lipinski definition) is 1. The van der Waals surface area contributed by atoms with Crippen molar-refractivity contribution >= 4 is 23.4 Å². The molecule has 3 rings (SSSR count). The largest absolute Gasteiger partial charge is 0.469 e. The van der Waals surface area contributed by atoms with E-state index >= 15 is 0 Å². The van der Waals surface area contributed by atoms with Crippen LogP contribution < -0.4 is 5.32 Å². The Balaban J connectivity index is 1.72. The molecule has 2 heterocycles. The Morgan fingerprint density at radius 2 is 1.96 bits per heavy atom. The van der Waals surface area contributed by atoms with E-state index in [9.17, 15) is 4.79 Å². The van der Waals surface area contributed by atoms with Crippen molar-refractivity contribution in [3.63, 3.8) is 0 Å². The maximum atomic E-state index is 12.3. The molecule has 0 atom stereocenters. The number of nitrogens with zero attached hydrogens (tertiary/aromatic N) is 3. The molecule has 6 nitrogen and oxygen atoms in total. The van der Waals surface area contributed by atoms with E-state index < -0.39 is 0 Å². The highest BCUT2D eigenvalue weighted by Gasteiger charge is 2.20. The number of aryl methyl sites for hydroxylation is 3. The molecule has 0 saturated heterocycles. The minimum atomic E-state index is -0.0670. The van der Waals surface area contributed by atoms with E-state index in [2.05, 4.69) is 36.3 Å².